The van der Waals surface area contributed by atoms with Gasteiger partial charge < -0.3 is 10.6 Å². The van der Waals surface area contributed by atoms with Gasteiger partial charge in [0.15, 0.2) is 0 Å². The zero-order chi connectivity index (χ0) is 27.6. The molecule has 0 aliphatic heterocycles. The maximum atomic E-state index is 4.23. The fourth-order valence-corrected chi connectivity index (χ4v) is 3.56. The van der Waals surface area contributed by atoms with Gasteiger partial charge in [0.2, 0.25) is 0 Å². The van der Waals surface area contributed by atoms with Crippen molar-refractivity contribution in [2.45, 2.75) is 39.5 Å². The summed E-state index contributed by atoms with van der Waals surface area (Å²) in [4.78, 5) is 0.976. The second-order valence-corrected chi connectivity index (χ2v) is 8.49. The summed E-state index contributed by atoms with van der Waals surface area (Å²) in [5, 5.41) is 6.69. The van der Waals surface area contributed by atoms with Gasteiger partial charge in [-0.1, -0.05) is 106 Å². The van der Waals surface area contributed by atoms with Crippen LogP contribution in [0.4, 0.5) is 22.7 Å². The van der Waals surface area contributed by atoms with Gasteiger partial charge in [-0.3, -0.25) is 0 Å². The molecule has 0 fully saturated rings. The summed E-state index contributed by atoms with van der Waals surface area (Å²) in [7, 11) is 0. The number of nitrogens with one attached hydrogen (secondary N) is 2. The van der Waals surface area contributed by atoms with Crippen LogP contribution in [0.15, 0.2) is 138 Å². The number of para-hydroxylation sites is 2. The number of anilines is 4. The van der Waals surface area contributed by atoms with Crippen LogP contribution in [0.1, 0.15) is 33.3 Å². The molecule has 0 bridgehead atoms. The fourth-order valence-electron chi connectivity index (χ4n) is 3.41. The van der Waals surface area contributed by atoms with Gasteiger partial charge in [-0.2, -0.15) is 0 Å². The van der Waals surface area contributed by atoms with Crippen LogP contribution in [0, 0.1) is 6.92 Å². The molecule has 0 aromatic heterocycles. The standard InChI is InChI=1S/C19H17N.C12H11NS.2C2H6/c1-15-7-9-16(10-8-15)17-11-13-19(14-12-17)20-18-5-3-2-4-6-18;14-12-8-6-11(7-9-12)13-10-4-2-1-3-5-10;2*1-2/h2-14,20H,1H3;1-9,13-14H;2*1-2H3. The van der Waals surface area contributed by atoms with Crippen molar-refractivity contribution in [1.82, 2.24) is 0 Å². The van der Waals surface area contributed by atoms with Gasteiger partial charge >= 0.3 is 0 Å². The van der Waals surface area contributed by atoms with E-state index < -0.39 is 0 Å². The lowest BCUT2D eigenvalue weighted by molar-refractivity contribution is 1.45. The van der Waals surface area contributed by atoms with E-state index in [1.807, 2.05) is 100 Å². The lowest BCUT2D eigenvalue weighted by atomic mass is 10.0. The maximum absolute atomic E-state index is 4.23. The molecule has 0 saturated heterocycles. The molecular formula is C35H40N2S. The second-order valence-electron chi connectivity index (χ2n) is 7.97. The molecule has 0 aliphatic carbocycles. The fraction of sp³-hybridized carbons (Fsp3) is 0.143. The molecule has 38 heavy (non-hydrogen) atoms. The van der Waals surface area contributed by atoms with E-state index in [1.165, 1.54) is 16.7 Å². The Morgan fingerprint density at radius 2 is 0.711 bits per heavy atom. The Labute approximate surface area is 235 Å². The maximum Gasteiger partial charge on any atom is 0.0384 e. The number of rotatable bonds is 5. The average Bonchev–Trinajstić information content (AvgIpc) is 2.99. The number of hydrogen-bond donors (Lipinski definition) is 3. The Morgan fingerprint density at radius 1 is 0.395 bits per heavy atom. The molecule has 0 radical (unpaired) electrons. The number of aryl methyl sites for hydroxylation is 1. The van der Waals surface area contributed by atoms with Crippen molar-refractivity contribution >= 4 is 35.4 Å². The first-order valence-corrected chi connectivity index (χ1v) is 13.7. The van der Waals surface area contributed by atoms with Gasteiger partial charge in [0, 0.05) is 27.6 Å². The van der Waals surface area contributed by atoms with Gasteiger partial charge in [-0.25, -0.2) is 0 Å². The Morgan fingerprint density at radius 3 is 1.11 bits per heavy atom. The quantitative estimate of drug-likeness (QED) is 0.201. The minimum Gasteiger partial charge on any atom is -0.356 e. The van der Waals surface area contributed by atoms with Crippen LogP contribution in [0.25, 0.3) is 11.1 Å². The summed E-state index contributed by atoms with van der Waals surface area (Å²) < 4.78 is 0. The van der Waals surface area contributed by atoms with Gasteiger partial charge in [0.25, 0.3) is 0 Å². The highest BCUT2D eigenvalue weighted by Gasteiger charge is 1.98. The average molecular weight is 521 g/mol. The first-order valence-electron chi connectivity index (χ1n) is 13.3. The van der Waals surface area contributed by atoms with Crippen molar-refractivity contribution in [2.75, 3.05) is 10.6 Å². The topological polar surface area (TPSA) is 24.1 Å². The number of hydrogen-bond acceptors (Lipinski definition) is 3. The molecule has 5 rings (SSSR count). The third-order valence-electron chi connectivity index (χ3n) is 5.26. The Balaban J connectivity index is 0.000000247. The predicted octanol–water partition coefficient (Wildman–Crippen LogP) is 11.2. The molecule has 5 aromatic rings. The molecule has 2 N–H and O–H groups in total. The van der Waals surface area contributed by atoms with Crippen molar-refractivity contribution in [1.29, 1.82) is 0 Å². The monoisotopic (exact) mass is 520 g/mol. The highest BCUT2D eigenvalue weighted by Crippen LogP contribution is 2.23. The Bertz CT molecular complexity index is 1270. The first-order chi connectivity index (χ1) is 18.7. The Kier molecular flexibility index (Phi) is 13.9. The first kappa shape index (κ1) is 30.3. The van der Waals surface area contributed by atoms with Gasteiger partial charge in [0.05, 0.1) is 0 Å². The zero-order valence-electron chi connectivity index (χ0n) is 23.1. The zero-order valence-corrected chi connectivity index (χ0v) is 24.0. The minimum absolute atomic E-state index is 0.976. The van der Waals surface area contributed by atoms with Gasteiger partial charge in [-0.15, -0.1) is 12.6 Å². The highest BCUT2D eigenvalue weighted by molar-refractivity contribution is 7.80. The molecule has 0 spiro atoms. The van der Waals surface area contributed by atoms with Crippen molar-refractivity contribution in [3.05, 3.63) is 139 Å². The largest absolute Gasteiger partial charge is 0.356 e. The minimum atomic E-state index is 0.976. The molecule has 5 aromatic carbocycles. The normalized spacial score (nSPS) is 9.32. The molecule has 0 atom stereocenters. The van der Waals surface area contributed by atoms with Crippen LogP contribution in [0.5, 0.6) is 0 Å². The number of thiol groups is 1. The van der Waals surface area contributed by atoms with Crippen LogP contribution in [-0.2, 0) is 0 Å². The summed E-state index contributed by atoms with van der Waals surface area (Å²) in [6.07, 6.45) is 0. The van der Waals surface area contributed by atoms with Gasteiger partial charge in [-0.05, 0) is 78.7 Å². The molecule has 0 saturated carbocycles. The van der Waals surface area contributed by atoms with Crippen LogP contribution in [-0.4, -0.2) is 0 Å². The van der Waals surface area contributed by atoms with E-state index in [1.54, 1.807) is 0 Å². The van der Waals surface area contributed by atoms with E-state index in [-0.39, 0.29) is 0 Å². The summed E-state index contributed by atoms with van der Waals surface area (Å²) in [5.41, 5.74) is 8.16. The SMILES string of the molecule is CC.CC.Cc1ccc(-c2ccc(Nc3ccccc3)cc2)cc1.Sc1ccc(Nc2ccccc2)cc1. The molecule has 0 heterocycles. The van der Waals surface area contributed by atoms with Gasteiger partial charge in [0.1, 0.15) is 0 Å². The smallest absolute Gasteiger partial charge is 0.0384 e. The van der Waals surface area contributed by atoms with E-state index >= 15 is 0 Å². The molecule has 0 amide bonds. The Hall–Kier alpha value is -3.95. The molecule has 3 heteroatoms. The van der Waals surface area contributed by atoms with E-state index in [4.69, 9.17) is 0 Å². The molecule has 196 valence electrons. The van der Waals surface area contributed by atoms with Crippen LogP contribution < -0.4 is 10.6 Å². The van der Waals surface area contributed by atoms with Crippen LogP contribution >= 0.6 is 12.6 Å². The summed E-state index contributed by atoms with van der Waals surface area (Å²) in [6, 6.07) is 45.4. The van der Waals surface area contributed by atoms with Crippen molar-refractivity contribution in [3.8, 4) is 11.1 Å². The van der Waals surface area contributed by atoms with Crippen LogP contribution in [0.3, 0.4) is 0 Å². The third kappa shape index (κ3) is 10.6. The molecule has 0 aliphatic rings. The third-order valence-corrected chi connectivity index (χ3v) is 5.56. The highest BCUT2D eigenvalue weighted by atomic mass is 32.1. The second kappa shape index (κ2) is 17.5. The molecular weight excluding hydrogens is 480 g/mol. The summed E-state index contributed by atoms with van der Waals surface area (Å²) in [6.45, 7) is 10.1. The lowest BCUT2D eigenvalue weighted by Crippen LogP contribution is -1.89. The number of benzene rings is 5. The molecule has 0 unspecified atom stereocenters. The molecule has 2 nitrogen and oxygen atoms in total. The van der Waals surface area contributed by atoms with E-state index in [0.717, 1.165) is 27.6 Å². The summed E-state index contributed by atoms with van der Waals surface area (Å²) >= 11 is 4.23. The van der Waals surface area contributed by atoms with E-state index in [9.17, 15) is 0 Å². The summed E-state index contributed by atoms with van der Waals surface area (Å²) in [5.74, 6) is 0. The van der Waals surface area contributed by atoms with E-state index in [2.05, 4.69) is 90.8 Å². The van der Waals surface area contributed by atoms with Crippen molar-refractivity contribution in [2.24, 2.45) is 0 Å². The predicted molar refractivity (Wildman–Crippen MR) is 172 cm³/mol. The lowest BCUT2D eigenvalue weighted by Gasteiger charge is -2.08. The van der Waals surface area contributed by atoms with Crippen LogP contribution in [0.2, 0.25) is 0 Å². The van der Waals surface area contributed by atoms with Crippen molar-refractivity contribution < 1.29 is 0 Å². The van der Waals surface area contributed by atoms with Crippen molar-refractivity contribution in [3.63, 3.8) is 0 Å². The van der Waals surface area contributed by atoms with E-state index in [0.29, 0.717) is 0 Å².